The molecule has 0 spiro atoms. The van der Waals surface area contributed by atoms with Crippen LogP contribution in [0.2, 0.25) is 0 Å². The summed E-state index contributed by atoms with van der Waals surface area (Å²) < 4.78 is 5.42. The average Bonchev–Trinajstić information content (AvgIpc) is 2.74. The van der Waals surface area contributed by atoms with Gasteiger partial charge < -0.3 is 15.0 Å². The summed E-state index contributed by atoms with van der Waals surface area (Å²) in [6.45, 7) is 12.1. The van der Waals surface area contributed by atoms with Crippen LogP contribution < -0.4 is 5.32 Å². The highest BCUT2D eigenvalue weighted by atomic mass is 16.5. The number of rotatable bonds is 8. The van der Waals surface area contributed by atoms with Crippen LogP contribution in [-0.2, 0) is 11.3 Å². The van der Waals surface area contributed by atoms with Crippen LogP contribution in [-0.4, -0.2) is 86.3 Å². The summed E-state index contributed by atoms with van der Waals surface area (Å²) in [6, 6.07) is 10.8. The summed E-state index contributed by atoms with van der Waals surface area (Å²) in [7, 11) is 0. The Bertz CT molecular complexity index is 575. The number of amides is 2. The van der Waals surface area contributed by atoms with Gasteiger partial charge in [0.15, 0.2) is 0 Å². The van der Waals surface area contributed by atoms with Crippen molar-refractivity contribution in [3.8, 4) is 0 Å². The largest absolute Gasteiger partial charge is 0.380 e. The number of carbonyl (C=O) groups is 1. The Labute approximate surface area is 169 Å². The molecule has 0 unspecified atom stereocenters. The van der Waals surface area contributed by atoms with Crippen molar-refractivity contribution in [3.05, 3.63) is 35.9 Å². The Hall–Kier alpha value is -1.63. The third-order valence-corrected chi connectivity index (χ3v) is 5.81. The Morgan fingerprint density at radius 2 is 1.89 bits per heavy atom. The summed E-state index contributed by atoms with van der Waals surface area (Å²) >= 11 is 0. The lowest BCUT2D eigenvalue weighted by Gasteiger charge is -2.36. The molecule has 1 N–H and O–H groups in total. The number of hydrogen-bond acceptors (Lipinski definition) is 4. The number of piperazine rings is 1. The summed E-state index contributed by atoms with van der Waals surface area (Å²) in [5.74, 6) is 0.550. The monoisotopic (exact) mass is 388 g/mol. The van der Waals surface area contributed by atoms with Crippen LogP contribution >= 0.6 is 0 Å². The maximum atomic E-state index is 12.5. The molecule has 2 aliphatic heterocycles. The number of carbonyl (C=O) groups excluding carboxylic acids is 1. The van der Waals surface area contributed by atoms with Gasteiger partial charge in [0, 0.05) is 59.0 Å². The van der Waals surface area contributed by atoms with Gasteiger partial charge in [-0.3, -0.25) is 9.80 Å². The number of hydrogen-bond donors (Lipinski definition) is 1. The van der Waals surface area contributed by atoms with Gasteiger partial charge in [-0.15, -0.1) is 0 Å². The molecule has 28 heavy (non-hydrogen) atoms. The van der Waals surface area contributed by atoms with Gasteiger partial charge in [0.2, 0.25) is 0 Å². The third kappa shape index (κ3) is 6.76. The first-order chi connectivity index (χ1) is 13.7. The number of likely N-dealkylation sites (tertiary alicyclic amines) is 1. The molecule has 2 heterocycles. The molecule has 6 nitrogen and oxygen atoms in total. The fourth-order valence-electron chi connectivity index (χ4n) is 4.16. The maximum absolute atomic E-state index is 12.5. The van der Waals surface area contributed by atoms with Crippen LogP contribution in [0, 0.1) is 5.92 Å². The molecule has 2 saturated heterocycles. The molecule has 2 fully saturated rings. The SMILES string of the molecule is CCOCCN1CCN(C(=O)NC[C@H]2CCCN(Cc3ccccc3)C2)CC1. The first kappa shape index (κ1) is 21.1. The van der Waals surface area contributed by atoms with Crippen molar-refractivity contribution in [1.29, 1.82) is 0 Å². The van der Waals surface area contributed by atoms with Gasteiger partial charge in [-0.05, 0) is 37.8 Å². The van der Waals surface area contributed by atoms with E-state index in [1.807, 2.05) is 11.8 Å². The Kier molecular flexibility index (Phi) is 8.58. The van der Waals surface area contributed by atoms with Crippen molar-refractivity contribution in [1.82, 2.24) is 20.0 Å². The predicted octanol–water partition coefficient (Wildman–Crippen LogP) is 2.26. The first-order valence-electron chi connectivity index (χ1n) is 10.8. The zero-order valence-corrected chi connectivity index (χ0v) is 17.3. The topological polar surface area (TPSA) is 48.1 Å². The number of benzene rings is 1. The minimum absolute atomic E-state index is 0.102. The van der Waals surface area contributed by atoms with E-state index in [-0.39, 0.29) is 6.03 Å². The molecular weight excluding hydrogens is 352 g/mol. The van der Waals surface area contributed by atoms with Gasteiger partial charge in [-0.1, -0.05) is 30.3 Å². The van der Waals surface area contributed by atoms with Crippen molar-refractivity contribution >= 4 is 6.03 Å². The van der Waals surface area contributed by atoms with E-state index < -0.39 is 0 Å². The fraction of sp³-hybridized carbons (Fsp3) is 0.682. The fourth-order valence-corrected chi connectivity index (χ4v) is 4.16. The van der Waals surface area contributed by atoms with Crippen molar-refractivity contribution in [2.75, 3.05) is 65.6 Å². The molecule has 1 atom stereocenters. The molecule has 0 saturated carbocycles. The molecule has 2 amide bonds. The molecule has 0 bridgehead atoms. The zero-order chi connectivity index (χ0) is 19.6. The standard InChI is InChI=1S/C22H36N4O2/c1-2-28-16-15-24-11-13-26(14-12-24)22(27)23-17-21-9-6-10-25(19-21)18-20-7-4-3-5-8-20/h3-5,7-8,21H,2,6,9-19H2,1H3,(H,23,27)/t21-/m1/s1. The minimum atomic E-state index is 0.102. The van der Waals surface area contributed by atoms with E-state index in [1.165, 1.54) is 18.4 Å². The quantitative estimate of drug-likeness (QED) is 0.694. The van der Waals surface area contributed by atoms with Gasteiger partial charge in [0.1, 0.15) is 0 Å². The van der Waals surface area contributed by atoms with Gasteiger partial charge in [0.05, 0.1) is 6.61 Å². The maximum Gasteiger partial charge on any atom is 0.317 e. The number of ether oxygens (including phenoxy) is 1. The molecule has 0 aliphatic carbocycles. The second-order valence-electron chi connectivity index (χ2n) is 7.94. The molecule has 2 aliphatic rings. The first-order valence-corrected chi connectivity index (χ1v) is 10.8. The predicted molar refractivity (Wildman–Crippen MR) is 112 cm³/mol. The van der Waals surface area contributed by atoms with Crippen LogP contribution in [0.15, 0.2) is 30.3 Å². The molecule has 3 rings (SSSR count). The second-order valence-corrected chi connectivity index (χ2v) is 7.94. The van der Waals surface area contributed by atoms with E-state index in [4.69, 9.17) is 4.74 Å². The number of nitrogens with zero attached hydrogens (tertiary/aromatic N) is 3. The van der Waals surface area contributed by atoms with Crippen molar-refractivity contribution in [2.24, 2.45) is 5.92 Å². The van der Waals surface area contributed by atoms with Crippen molar-refractivity contribution in [3.63, 3.8) is 0 Å². The van der Waals surface area contributed by atoms with E-state index in [2.05, 4.69) is 45.4 Å². The number of nitrogens with one attached hydrogen (secondary N) is 1. The smallest absolute Gasteiger partial charge is 0.317 e. The molecule has 0 radical (unpaired) electrons. The zero-order valence-electron chi connectivity index (χ0n) is 17.3. The Morgan fingerprint density at radius 1 is 1.11 bits per heavy atom. The van der Waals surface area contributed by atoms with E-state index in [0.29, 0.717) is 5.92 Å². The number of piperidine rings is 1. The van der Waals surface area contributed by atoms with E-state index in [1.54, 1.807) is 0 Å². The van der Waals surface area contributed by atoms with Gasteiger partial charge in [-0.25, -0.2) is 4.79 Å². The van der Waals surface area contributed by atoms with Gasteiger partial charge in [0.25, 0.3) is 0 Å². The van der Waals surface area contributed by atoms with Crippen LogP contribution in [0.3, 0.4) is 0 Å². The normalized spacial score (nSPS) is 21.6. The van der Waals surface area contributed by atoms with Crippen LogP contribution in [0.5, 0.6) is 0 Å². The lowest BCUT2D eigenvalue weighted by atomic mass is 9.97. The summed E-state index contributed by atoms with van der Waals surface area (Å²) in [5, 5.41) is 3.19. The summed E-state index contributed by atoms with van der Waals surface area (Å²) in [4.78, 5) is 19.4. The Morgan fingerprint density at radius 3 is 2.64 bits per heavy atom. The van der Waals surface area contributed by atoms with E-state index in [0.717, 1.165) is 72.1 Å². The molecule has 1 aromatic carbocycles. The third-order valence-electron chi connectivity index (χ3n) is 5.81. The van der Waals surface area contributed by atoms with Crippen molar-refractivity contribution in [2.45, 2.75) is 26.3 Å². The highest BCUT2D eigenvalue weighted by Crippen LogP contribution is 2.18. The highest BCUT2D eigenvalue weighted by Gasteiger charge is 2.23. The molecule has 1 aromatic rings. The molecule has 6 heteroatoms. The van der Waals surface area contributed by atoms with E-state index in [9.17, 15) is 4.79 Å². The lowest BCUT2D eigenvalue weighted by Crippen LogP contribution is -2.53. The molecule has 0 aromatic heterocycles. The van der Waals surface area contributed by atoms with Gasteiger partial charge >= 0.3 is 6.03 Å². The molecule has 156 valence electrons. The van der Waals surface area contributed by atoms with Crippen LogP contribution in [0.1, 0.15) is 25.3 Å². The van der Waals surface area contributed by atoms with Crippen molar-refractivity contribution < 1.29 is 9.53 Å². The van der Waals surface area contributed by atoms with Crippen LogP contribution in [0.25, 0.3) is 0 Å². The minimum Gasteiger partial charge on any atom is -0.380 e. The lowest BCUT2D eigenvalue weighted by molar-refractivity contribution is 0.0875. The average molecular weight is 389 g/mol. The van der Waals surface area contributed by atoms with Crippen LogP contribution in [0.4, 0.5) is 4.79 Å². The van der Waals surface area contributed by atoms with Gasteiger partial charge in [-0.2, -0.15) is 0 Å². The van der Waals surface area contributed by atoms with E-state index >= 15 is 0 Å². The Balaban J connectivity index is 1.34. The highest BCUT2D eigenvalue weighted by molar-refractivity contribution is 5.74. The second kappa shape index (κ2) is 11.4. The summed E-state index contributed by atoms with van der Waals surface area (Å²) in [6.07, 6.45) is 2.42. The summed E-state index contributed by atoms with van der Waals surface area (Å²) in [5.41, 5.74) is 1.37. The molecular formula is C22H36N4O2. The number of urea groups is 1.